The molecule has 0 heterocycles. The number of carbonyl (C=O) groups is 1. The number of hydrogen-bond acceptors (Lipinski definition) is 2. The highest BCUT2D eigenvalue weighted by Gasteiger charge is 2.00. The molecule has 0 aliphatic carbocycles. The number of unbranched alkanes of at least 4 members (excludes halogenated alkanes) is 10. The molecule has 0 unspecified atom stereocenters. The lowest BCUT2D eigenvalue weighted by molar-refractivity contribution is -0.121. The maximum Gasteiger partial charge on any atom is 0.220 e. The van der Waals surface area contributed by atoms with Crippen LogP contribution in [-0.2, 0) is 9.53 Å². The molecule has 0 aliphatic heterocycles. The van der Waals surface area contributed by atoms with E-state index >= 15 is 0 Å². The van der Waals surface area contributed by atoms with Crippen molar-refractivity contribution in [3.05, 3.63) is 0 Å². The molecule has 0 rings (SSSR count). The highest BCUT2D eigenvalue weighted by Crippen LogP contribution is 2.11. The van der Waals surface area contributed by atoms with Gasteiger partial charge in [0.2, 0.25) is 5.91 Å². The van der Waals surface area contributed by atoms with Gasteiger partial charge in [-0.05, 0) is 13.3 Å². The third-order valence-corrected chi connectivity index (χ3v) is 3.78. The summed E-state index contributed by atoms with van der Waals surface area (Å²) in [6.45, 7) is 6.21. The summed E-state index contributed by atoms with van der Waals surface area (Å²) in [5, 5.41) is 2.89. The second-order valence-electron chi connectivity index (χ2n) is 5.83. The van der Waals surface area contributed by atoms with E-state index in [2.05, 4.69) is 12.2 Å². The smallest absolute Gasteiger partial charge is 0.220 e. The maximum atomic E-state index is 11.5. The summed E-state index contributed by atoms with van der Waals surface area (Å²) in [4.78, 5) is 11.5. The molecule has 0 radical (unpaired) electrons. The molecule has 0 aliphatic rings. The number of rotatable bonds is 16. The van der Waals surface area contributed by atoms with Gasteiger partial charge in [0.1, 0.15) is 0 Å². The van der Waals surface area contributed by atoms with Gasteiger partial charge in [-0.25, -0.2) is 0 Å². The minimum absolute atomic E-state index is 0.172. The van der Waals surface area contributed by atoms with E-state index < -0.39 is 0 Å². The monoisotopic (exact) mass is 299 g/mol. The molecule has 0 aromatic heterocycles. The minimum Gasteiger partial charge on any atom is -0.380 e. The third-order valence-electron chi connectivity index (χ3n) is 3.78. The van der Waals surface area contributed by atoms with Crippen LogP contribution in [0.15, 0.2) is 0 Å². The summed E-state index contributed by atoms with van der Waals surface area (Å²) in [7, 11) is 0. The van der Waals surface area contributed by atoms with Gasteiger partial charge < -0.3 is 10.1 Å². The highest BCUT2D eigenvalue weighted by molar-refractivity contribution is 5.75. The van der Waals surface area contributed by atoms with Crippen molar-refractivity contribution in [2.45, 2.75) is 90.9 Å². The normalized spacial score (nSPS) is 10.8. The van der Waals surface area contributed by atoms with E-state index in [-0.39, 0.29) is 5.91 Å². The first-order valence-electron chi connectivity index (χ1n) is 9.15. The molecule has 1 amide bonds. The lowest BCUT2D eigenvalue weighted by atomic mass is 10.1. The van der Waals surface area contributed by atoms with Crippen molar-refractivity contribution in [2.75, 3.05) is 19.8 Å². The Labute approximate surface area is 132 Å². The van der Waals surface area contributed by atoms with Gasteiger partial charge in [0.15, 0.2) is 0 Å². The molecule has 3 nitrogen and oxygen atoms in total. The average Bonchev–Trinajstić information content (AvgIpc) is 2.49. The van der Waals surface area contributed by atoms with E-state index in [1.165, 1.54) is 64.2 Å². The molecule has 3 heteroatoms. The Hall–Kier alpha value is -0.570. The Morgan fingerprint density at radius 2 is 1.33 bits per heavy atom. The largest absolute Gasteiger partial charge is 0.380 e. The number of carbonyl (C=O) groups excluding carboxylic acids is 1. The fourth-order valence-corrected chi connectivity index (χ4v) is 2.45. The van der Waals surface area contributed by atoms with Crippen LogP contribution in [-0.4, -0.2) is 25.7 Å². The molecule has 0 saturated carbocycles. The van der Waals surface area contributed by atoms with Gasteiger partial charge in [0.25, 0.3) is 0 Å². The molecule has 0 fully saturated rings. The quantitative estimate of drug-likeness (QED) is 0.414. The summed E-state index contributed by atoms with van der Waals surface area (Å²) >= 11 is 0. The predicted octanol–water partition coefficient (Wildman–Crippen LogP) is 4.84. The van der Waals surface area contributed by atoms with Crippen LogP contribution in [0.3, 0.4) is 0 Å². The summed E-state index contributed by atoms with van der Waals surface area (Å²) < 4.78 is 5.18. The van der Waals surface area contributed by atoms with Gasteiger partial charge in [-0.2, -0.15) is 0 Å². The van der Waals surface area contributed by atoms with E-state index in [4.69, 9.17) is 4.74 Å². The fraction of sp³-hybridized carbons (Fsp3) is 0.944. The van der Waals surface area contributed by atoms with Crippen LogP contribution in [0.2, 0.25) is 0 Å². The van der Waals surface area contributed by atoms with Crippen LogP contribution < -0.4 is 5.32 Å². The first-order chi connectivity index (χ1) is 10.3. The SMILES string of the molecule is CCCCCCCCCCCCCC(=O)NCCOCC. The van der Waals surface area contributed by atoms with Crippen LogP contribution >= 0.6 is 0 Å². The first kappa shape index (κ1) is 20.4. The Bertz CT molecular complexity index is 219. The van der Waals surface area contributed by atoms with Crippen molar-refractivity contribution in [3.63, 3.8) is 0 Å². The molecule has 0 atom stereocenters. The highest BCUT2D eigenvalue weighted by atomic mass is 16.5. The van der Waals surface area contributed by atoms with Crippen molar-refractivity contribution in [2.24, 2.45) is 0 Å². The Balaban J connectivity index is 3.09. The topological polar surface area (TPSA) is 38.3 Å². The third kappa shape index (κ3) is 17.4. The molecule has 0 spiro atoms. The number of amides is 1. The van der Waals surface area contributed by atoms with Crippen molar-refractivity contribution in [1.29, 1.82) is 0 Å². The molecular weight excluding hydrogens is 262 g/mol. The van der Waals surface area contributed by atoms with Crippen LogP contribution in [0.5, 0.6) is 0 Å². The molecule has 21 heavy (non-hydrogen) atoms. The molecule has 0 aromatic carbocycles. The first-order valence-corrected chi connectivity index (χ1v) is 9.15. The summed E-state index contributed by atoms with van der Waals surface area (Å²) in [5.41, 5.74) is 0. The van der Waals surface area contributed by atoms with Gasteiger partial charge in [-0.3, -0.25) is 4.79 Å². The summed E-state index contributed by atoms with van der Waals surface area (Å²) in [6, 6.07) is 0. The van der Waals surface area contributed by atoms with E-state index in [9.17, 15) is 4.79 Å². The van der Waals surface area contributed by atoms with E-state index in [0.717, 1.165) is 6.42 Å². The maximum absolute atomic E-state index is 11.5. The Kier molecular flexibility index (Phi) is 17.0. The fourth-order valence-electron chi connectivity index (χ4n) is 2.45. The molecule has 0 aromatic rings. The molecular formula is C18H37NO2. The second kappa shape index (κ2) is 17.5. The van der Waals surface area contributed by atoms with Gasteiger partial charge in [-0.1, -0.05) is 71.1 Å². The van der Waals surface area contributed by atoms with Gasteiger partial charge in [0, 0.05) is 19.6 Å². The Morgan fingerprint density at radius 3 is 1.86 bits per heavy atom. The van der Waals surface area contributed by atoms with Gasteiger partial charge >= 0.3 is 0 Å². The zero-order chi connectivity index (χ0) is 15.6. The standard InChI is InChI=1S/C18H37NO2/c1-3-5-6-7-8-9-10-11-12-13-14-15-18(20)19-16-17-21-4-2/h3-17H2,1-2H3,(H,19,20). The van der Waals surface area contributed by atoms with Crippen LogP contribution in [0.1, 0.15) is 90.9 Å². The lowest BCUT2D eigenvalue weighted by Crippen LogP contribution is -2.26. The van der Waals surface area contributed by atoms with E-state index in [0.29, 0.717) is 26.2 Å². The Morgan fingerprint density at radius 1 is 0.810 bits per heavy atom. The number of nitrogens with one attached hydrogen (secondary N) is 1. The summed E-state index contributed by atoms with van der Waals surface area (Å²) in [6.07, 6.45) is 15.2. The molecule has 0 bridgehead atoms. The summed E-state index contributed by atoms with van der Waals surface area (Å²) in [5.74, 6) is 0.172. The molecule has 1 N–H and O–H groups in total. The van der Waals surface area contributed by atoms with E-state index in [1.54, 1.807) is 0 Å². The average molecular weight is 299 g/mol. The minimum atomic E-state index is 0.172. The predicted molar refractivity (Wildman–Crippen MR) is 90.6 cm³/mol. The van der Waals surface area contributed by atoms with Crippen molar-refractivity contribution >= 4 is 5.91 Å². The van der Waals surface area contributed by atoms with Crippen molar-refractivity contribution in [3.8, 4) is 0 Å². The zero-order valence-corrected chi connectivity index (χ0v) is 14.4. The zero-order valence-electron chi connectivity index (χ0n) is 14.4. The lowest BCUT2D eigenvalue weighted by Gasteiger charge is -2.05. The van der Waals surface area contributed by atoms with Gasteiger partial charge in [0.05, 0.1) is 6.61 Å². The molecule has 0 saturated heterocycles. The van der Waals surface area contributed by atoms with Crippen LogP contribution in [0.4, 0.5) is 0 Å². The molecule has 126 valence electrons. The van der Waals surface area contributed by atoms with Crippen LogP contribution in [0, 0.1) is 0 Å². The van der Waals surface area contributed by atoms with Crippen LogP contribution in [0.25, 0.3) is 0 Å². The van der Waals surface area contributed by atoms with Crippen molar-refractivity contribution < 1.29 is 9.53 Å². The van der Waals surface area contributed by atoms with Gasteiger partial charge in [-0.15, -0.1) is 0 Å². The number of ether oxygens (including phenoxy) is 1. The van der Waals surface area contributed by atoms with E-state index in [1.807, 2.05) is 6.92 Å². The van der Waals surface area contributed by atoms with Crippen molar-refractivity contribution in [1.82, 2.24) is 5.32 Å². The second-order valence-corrected chi connectivity index (χ2v) is 5.83. The number of hydrogen-bond donors (Lipinski definition) is 1.